The maximum absolute atomic E-state index is 13.6. The Hall–Kier alpha value is -2.86. The van der Waals surface area contributed by atoms with E-state index in [2.05, 4.69) is 29.0 Å². The number of para-hydroxylation sites is 2. The molecule has 0 radical (unpaired) electrons. The van der Waals surface area contributed by atoms with Crippen molar-refractivity contribution in [1.82, 2.24) is 19.4 Å². The number of ether oxygens (including phenoxy) is 3. The number of piperazine rings is 1. The Morgan fingerprint density at radius 2 is 1.92 bits per heavy atom. The molecule has 3 heterocycles. The van der Waals surface area contributed by atoms with E-state index in [0.717, 1.165) is 59.6 Å². The van der Waals surface area contributed by atoms with Crippen molar-refractivity contribution in [2.24, 2.45) is 0 Å². The van der Waals surface area contributed by atoms with Crippen LogP contribution in [-0.4, -0.2) is 94.8 Å². The molecule has 0 N–H and O–H groups in total. The van der Waals surface area contributed by atoms with Gasteiger partial charge < -0.3 is 18.7 Å². The molecule has 38 heavy (non-hydrogen) atoms. The number of imidazole rings is 1. The molecule has 1 aromatic carbocycles. The van der Waals surface area contributed by atoms with Crippen molar-refractivity contribution in [3.8, 4) is 5.75 Å². The Balaban J connectivity index is 1.49. The van der Waals surface area contributed by atoms with Gasteiger partial charge in [0.25, 0.3) is 6.47 Å². The number of hydrogen-bond donors (Lipinski definition) is 0. The third-order valence-corrected chi connectivity index (χ3v) is 8.42. The highest BCUT2D eigenvalue weighted by Crippen LogP contribution is 2.27. The molecule has 1 aliphatic heterocycles. The number of benzene rings is 1. The van der Waals surface area contributed by atoms with E-state index in [0.29, 0.717) is 29.3 Å². The summed E-state index contributed by atoms with van der Waals surface area (Å²) in [6, 6.07) is 7.58. The number of carbonyl (C=O) groups is 1. The monoisotopic (exact) mass is 544 g/mol. The summed E-state index contributed by atoms with van der Waals surface area (Å²) < 4.78 is 33.2. The number of fused-ring (bicyclic) bond motifs is 1. The lowest BCUT2D eigenvalue weighted by atomic mass is 10.1. The summed E-state index contributed by atoms with van der Waals surface area (Å²) >= 11 is 0. The van der Waals surface area contributed by atoms with Crippen LogP contribution in [0.5, 0.6) is 5.75 Å². The van der Waals surface area contributed by atoms with Gasteiger partial charge in [0.1, 0.15) is 12.5 Å². The van der Waals surface area contributed by atoms with Crippen LogP contribution in [-0.2, 0) is 37.6 Å². The van der Waals surface area contributed by atoms with Crippen LogP contribution in [0.1, 0.15) is 23.2 Å². The van der Waals surface area contributed by atoms with Crippen molar-refractivity contribution in [3.63, 3.8) is 0 Å². The first kappa shape index (κ1) is 28.2. The molecule has 0 saturated carbocycles. The maximum atomic E-state index is 13.6. The molecule has 206 valence electrons. The van der Waals surface area contributed by atoms with Crippen molar-refractivity contribution < 1.29 is 27.7 Å². The topological polar surface area (TPSA) is 95.8 Å². The van der Waals surface area contributed by atoms with E-state index in [1.807, 2.05) is 38.1 Å². The van der Waals surface area contributed by atoms with Gasteiger partial charge in [-0.3, -0.25) is 23.5 Å². The fourth-order valence-corrected chi connectivity index (χ4v) is 5.99. The summed E-state index contributed by atoms with van der Waals surface area (Å²) in [5.74, 6) is 0.929. The number of aromatic nitrogens is 3. The van der Waals surface area contributed by atoms with Gasteiger partial charge in [0, 0.05) is 43.4 Å². The van der Waals surface area contributed by atoms with E-state index >= 15 is 0 Å². The van der Waals surface area contributed by atoms with E-state index in [1.54, 1.807) is 17.9 Å². The molecule has 2 aromatic heterocycles. The molecule has 1 saturated heterocycles. The van der Waals surface area contributed by atoms with Gasteiger partial charge in [-0.2, -0.15) is 0 Å². The second-order valence-corrected chi connectivity index (χ2v) is 11.7. The van der Waals surface area contributed by atoms with Crippen molar-refractivity contribution in [2.45, 2.75) is 44.2 Å². The Morgan fingerprint density at radius 1 is 1.18 bits per heavy atom. The zero-order chi connectivity index (χ0) is 27.3. The lowest BCUT2D eigenvalue weighted by Crippen LogP contribution is -2.55. The first-order valence-corrected chi connectivity index (χ1v) is 14.1. The molecule has 4 rings (SSSR count). The van der Waals surface area contributed by atoms with E-state index in [9.17, 15) is 9.00 Å². The second kappa shape index (κ2) is 12.3. The number of likely N-dealkylation sites (N-methyl/N-ethyl adjacent to an activating group) is 1. The van der Waals surface area contributed by atoms with Crippen LogP contribution in [0.25, 0.3) is 11.0 Å². The molecular weight excluding hydrogens is 506 g/mol. The van der Waals surface area contributed by atoms with Gasteiger partial charge in [-0.25, -0.2) is 4.98 Å². The summed E-state index contributed by atoms with van der Waals surface area (Å²) in [7, 11) is 4.59. The number of rotatable bonds is 12. The summed E-state index contributed by atoms with van der Waals surface area (Å²) in [6.45, 7) is 9.23. The number of nitrogens with zero attached hydrogens (tertiary/aromatic N) is 5. The molecular formula is C27H38N5O5S+. The first-order chi connectivity index (χ1) is 18.2. The van der Waals surface area contributed by atoms with Gasteiger partial charge in [0.15, 0.2) is 0 Å². The van der Waals surface area contributed by atoms with Crippen molar-refractivity contribution >= 4 is 28.3 Å². The quantitative estimate of drug-likeness (QED) is 0.195. The molecule has 3 aromatic rings. The third-order valence-electron chi connectivity index (χ3n) is 7.16. The van der Waals surface area contributed by atoms with E-state index in [4.69, 9.17) is 14.2 Å². The van der Waals surface area contributed by atoms with Crippen molar-refractivity contribution in [1.29, 1.82) is 0 Å². The minimum atomic E-state index is -1.51. The van der Waals surface area contributed by atoms with Crippen LogP contribution in [0.4, 0.5) is 0 Å². The SMILES string of the molecule is COc1c(C)cnc(CS(=O)c2nc3ccccc3n2COC(CCN2CC[N+](C)(C)CC2)OC=O)c1C. The summed E-state index contributed by atoms with van der Waals surface area (Å²) in [5.41, 5.74) is 3.99. The number of aryl methyl sites for hydroxylation is 1. The average molecular weight is 545 g/mol. The number of carbonyl (C=O) groups excluding carboxylic acids is 1. The van der Waals surface area contributed by atoms with Crippen LogP contribution in [0, 0.1) is 13.8 Å². The van der Waals surface area contributed by atoms with E-state index in [1.165, 1.54) is 0 Å². The highest BCUT2D eigenvalue weighted by Gasteiger charge is 2.25. The predicted octanol–water partition coefficient (Wildman–Crippen LogP) is 2.62. The van der Waals surface area contributed by atoms with Crippen LogP contribution < -0.4 is 4.74 Å². The van der Waals surface area contributed by atoms with Gasteiger partial charge in [-0.05, 0) is 26.0 Å². The highest BCUT2D eigenvalue weighted by molar-refractivity contribution is 7.84. The third kappa shape index (κ3) is 6.58. The zero-order valence-corrected chi connectivity index (χ0v) is 23.7. The van der Waals surface area contributed by atoms with Crippen molar-refractivity contribution in [2.75, 3.05) is 53.9 Å². The summed E-state index contributed by atoms with van der Waals surface area (Å²) in [5, 5.41) is 0.382. The van der Waals surface area contributed by atoms with Gasteiger partial charge in [-0.1, -0.05) is 12.1 Å². The molecule has 10 nitrogen and oxygen atoms in total. The standard InChI is InChI=1S/C27H38N5O5S/c1-20-16-28-23(21(2)26(20)35-5)17-38(34)27-29-22-8-6-7-9-24(22)31(27)18-36-25(37-19-33)10-11-30-12-14-32(3,4)15-13-30/h6-9,16,19,25H,10-15,17-18H2,1-5H3/q+1. The number of methoxy groups -OCH3 is 1. The Labute approximate surface area is 226 Å². The van der Waals surface area contributed by atoms with Gasteiger partial charge in [0.05, 0.1) is 67.6 Å². The second-order valence-electron chi connectivity index (χ2n) is 10.3. The average Bonchev–Trinajstić information content (AvgIpc) is 3.27. The van der Waals surface area contributed by atoms with Gasteiger partial charge in [0.2, 0.25) is 11.4 Å². The molecule has 11 heteroatoms. The van der Waals surface area contributed by atoms with Crippen LogP contribution in [0.15, 0.2) is 35.6 Å². The molecule has 0 aliphatic carbocycles. The smallest absolute Gasteiger partial charge is 0.295 e. The lowest BCUT2D eigenvalue weighted by molar-refractivity contribution is -0.894. The van der Waals surface area contributed by atoms with Crippen LogP contribution in [0.3, 0.4) is 0 Å². The molecule has 0 spiro atoms. The summed E-state index contributed by atoms with van der Waals surface area (Å²) in [6.07, 6.45) is 1.56. The Morgan fingerprint density at radius 3 is 2.63 bits per heavy atom. The molecule has 1 aliphatic rings. The molecule has 0 amide bonds. The number of hydrogen-bond acceptors (Lipinski definition) is 8. The van der Waals surface area contributed by atoms with Crippen LogP contribution >= 0.6 is 0 Å². The number of pyridine rings is 1. The maximum Gasteiger partial charge on any atom is 0.295 e. The zero-order valence-electron chi connectivity index (χ0n) is 22.9. The Kier molecular flexibility index (Phi) is 9.14. The molecule has 2 unspecified atom stereocenters. The minimum absolute atomic E-state index is 0.0492. The van der Waals surface area contributed by atoms with Crippen molar-refractivity contribution in [3.05, 3.63) is 47.3 Å². The predicted molar refractivity (Wildman–Crippen MR) is 145 cm³/mol. The number of quaternary nitrogens is 1. The molecule has 1 fully saturated rings. The minimum Gasteiger partial charge on any atom is -0.496 e. The normalized spacial score (nSPS) is 17.3. The summed E-state index contributed by atoms with van der Waals surface area (Å²) in [4.78, 5) is 22.7. The lowest BCUT2D eigenvalue weighted by Gasteiger charge is -2.39. The van der Waals surface area contributed by atoms with Gasteiger partial charge >= 0.3 is 0 Å². The molecule has 2 atom stereocenters. The first-order valence-electron chi connectivity index (χ1n) is 12.8. The van der Waals surface area contributed by atoms with E-state index < -0.39 is 17.1 Å². The fourth-order valence-electron chi connectivity index (χ4n) is 4.73. The van der Waals surface area contributed by atoms with E-state index in [-0.39, 0.29) is 12.5 Å². The molecule has 0 bridgehead atoms. The van der Waals surface area contributed by atoms with Gasteiger partial charge in [-0.15, -0.1) is 0 Å². The largest absolute Gasteiger partial charge is 0.496 e. The highest BCUT2D eigenvalue weighted by atomic mass is 32.2. The fraction of sp³-hybridized carbons (Fsp3) is 0.519. The Bertz CT molecular complexity index is 1280. The van der Waals surface area contributed by atoms with Crippen LogP contribution in [0.2, 0.25) is 0 Å².